The SMILES string of the molecule is O=C(NC1CCCc2nc(-c3ccc(F)cc3)sc21)c1cccc(=O)[nH]1. The van der Waals surface area contributed by atoms with Crippen LogP contribution < -0.4 is 10.9 Å². The second-order valence-corrected chi connectivity index (χ2v) is 7.21. The average molecular weight is 369 g/mol. The lowest BCUT2D eigenvalue weighted by Gasteiger charge is -2.22. The molecule has 4 rings (SSSR count). The molecule has 1 amide bonds. The van der Waals surface area contributed by atoms with E-state index in [9.17, 15) is 14.0 Å². The number of hydrogen-bond acceptors (Lipinski definition) is 4. The number of aromatic nitrogens is 2. The molecular weight excluding hydrogens is 353 g/mol. The average Bonchev–Trinajstić information content (AvgIpc) is 3.07. The predicted octanol–water partition coefficient (Wildman–Crippen LogP) is 3.44. The van der Waals surface area contributed by atoms with E-state index < -0.39 is 0 Å². The maximum atomic E-state index is 13.1. The Morgan fingerprint density at radius 3 is 2.81 bits per heavy atom. The van der Waals surface area contributed by atoms with Crippen molar-refractivity contribution in [3.8, 4) is 10.6 Å². The lowest BCUT2D eigenvalue weighted by Crippen LogP contribution is -2.31. The number of carbonyl (C=O) groups excluding carboxylic acids is 1. The van der Waals surface area contributed by atoms with E-state index >= 15 is 0 Å². The van der Waals surface area contributed by atoms with Gasteiger partial charge >= 0.3 is 0 Å². The number of nitrogens with zero attached hydrogens (tertiary/aromatic N) is 1. The van der Waals surface area contributed by atoms with Crippen LogP contribution in [0.3, 0.4) is 0 Å². The van der Waals surface area contributed by atoms with Crippen molar-refractivity contribution in [2.75, 3.05) is 0 Å². The smallest absolute Gasteiger partial charge is 0.268 e. The number of thiazole rings is 1. The highest BCUT2D eigenvalue weighted by atomic mass is 32.1. The normalized spacial score (nSPS) is 16.1. The number of carbonyl (C=O) groups is 1. The fourth-order valence-corrected chi connectivity index (χ4v) is 4.29. The number of hydrogen-bond donors (Lipinski definition) is 2. The second kappa shape index (κ2) is 6.84. The number of aromatic amines is 1. The van der Waals surface area contributed by atoms with Crippen LogP contribution in [0.4, 0.5) is 4.39 Å². The Morgan fingerprint density at radius 1 is 1.23 bits per heavy atom. The van der Waals surface area contributed by atoms with Gasteiger partial charge < -0.3 is 10.3 Å². The van der Waals surface area contributed by atoms with Crippen LogP contribution in [0.15, 0.2) is 47.3 Å². The van der Waals surface area contributed by atoms with Gasteiger partial charge in [-0.15, -0.1) is 11.3 Å². The largest absolute Gasteiger partial charge is 0.343 e. The summed E-state index contributed by atoms with van der Waals surface area (Å²) in [6.45, 7) is 0. The topological polar surface area (TPSA) is 74.8 Å². The summed E-state index contributed by atoms with van der Waals surface area (Å²) in [7, 11) is 0. The van der Waals surface area contributed by atoms with E-state index in [2.05, 4.69) is 15.3 Å². The Hall–Kier alpha value is -2.80. The van der Waals surface area contributed by atoms with Crippen LogP contribution in [0.2, 0.25) is 0 Å². The fraction of sp³-hybridized carbons (Fsp3) is 0.211. The van der Waals surface area contributed by atoms with E-state index in [0.29, 0.717) is 0 Å². The van der Waals surface area contributed by atoms with Crippen LogP contribution in [-0.4, -0.2) is 15.9 Å². The molecule has 0 radical (unpaired) electrons. The minimum atomic E-state index is -0.308. The first-order valence-electron chi connectivity index (χ1n) is 8.36. The van der Waals surface area contributed by atoms with Gasteiger partial charge in [0.15, 0.2) is 0 Å². The van der Waals surface area contributed by atoms with Crippen molar-refractivity contribution >= 4 is 17.2 Å². The molecule has 2 N–H and O–H groups in total. The number of H-pyrrole nitrogens is 1. The van der Waals surface area contributed by atoms with Gasteiger partial charge in [0.05, 0.1) is 16.6 Å². The zero-order valence-electron chi connectivity index (χ0n) is 13.8. The third kappa shape index (κ3) is 3.30. The summed E-state index contributed by atoms with van der Waals surface area (Å²) in [5.74, 6) is -0.589. The number of fused-ring (bicyclic) bond motifs is 1. The molecule has 0 aliphatic heterocycles. The molecule has 1 aliphatic rings. The zero-order valence-corrected chi connectivity index (χ0v) is 14.6. The predicted molar refractivity (Wildman–Crippen MR) is 97.7 cm³/mol. The quantitative estimate of drug-likeness (QED) is 0.743. The Kier molecular flexibility index (Phi) is 4.38. The number of amides is 1. The third-order valence-corrected chi connectivity index (χ3v) is 5.62. The van der Waals surface area contributed by atoms with Crippen molar-refractivity contribution in [3.63, 3.8) is 0 Å². The van der Waals surface area contributed by atoms with E-state index in [1.54, 1.807) is 24.3 Å². The van der Waals surface area contributed by atoms with Crippen molar-refractivity contribution in [2.45, 2.75) is 25.3 Å². The van der Waals surface area contributed by atoms with Crippen LogP contribution in [0.1, 0.15) is 39.9 Å². The van der Waals surface area contributed by atoms with Gasteiger partial charge in [-0.25, -0.2) is 9.37 Å². The lowest BCUT2D eigenvalue weighted by atomic mass is 9.98. The van der Waals surface area contributed by atoms with Gasteiger partial charge in [0, 0.05) is 11.6 Å². The molecule has 1 unspecified atom stereocenters. The Morgan fingerprint density at radius 2 is 2.04 bits per heavy atom. The number of rotatable bonds is 3. The highest BCUT2D eigenvalue weighted by Crippen LogP contribution is 2.38. The molecule has 0 spiro atoms. The Labute approximate surface area is 152 Å². The van der Waals surface area contributed by atoms with E-state index in [0.717, 1.165) is 40.4 Å². The fourth-order valence-electron chi connectivity index (χ4n) is 3.09. The Balaban J connectivity index is 1.60. The minimum absolute atomic E-state index is 0.137. The molecule has 7 heteroatoms. The van der Waals surface area contributed by atoms with Gasteiger partial charge in [0.2, 0.25) is 5.56 Å². The van der Waals surface area contributed by atoms with Gasteiger partial charge in [-0.05, 0) is 49.6 Å². The van der Waals surface area contributed by atoms with Gasteiger partial charge in [0.25, 0.3) is 5.91 Å². The summed E-state index contributed by atoms with van der Waals surface area (Å²) in [6, 6.07) is 10.6. The van der Waals surface area contributed by atoms with Gasteiger partial charge in [-0.3, -0.25) is 9.59 Å². The van der Waals surface area contributed by atoms with Crippen LogP contribution >= 0.6 is 11.3 Å². The highest BCUT2D eigenvalue weighted by molar-refractivity contribution is 7.15. The maximum absolute atomic E-state index is 13.1. The van der Waals surface area contributed by atoms with Crippen molar-refractivity contribution in [3.05, 3.63) is 74.9 Å². The van der Waals surface area contributed by atoms with Crippen LogP contribution in [0.5, 0.6) is 0 Å². The molecule has 26 heavy (non-hydrogen) atoms. The van der Waals surface area contributed by atoms with Crippen LogP contribution in [0.25, 0.3) is 10.6 Å². The summed E-state index contributed by atoms with van der Waals surface area (Å²) < 4.78 is 13.1. The molecular formula is C19H16FN3O2S. The Bertz CT molecular complexity index is 1010. The van der Waals surface area contributed by atoms with E-state index in [1.807, 2.05) is 0 Å². The number of halogens is 1. The maximum Gasteiger partial charge on any atom is 0.268 e. The summed E-state index contributed by atoms with van der Waals surface area (Å²) in [6.07, 6.45) is 2.61. The van der Waals surface area contributed by atoms with Crippen molar-refractivity contribution < 1.29 is 9.18 Å². The molecule has 1 aromatic carbocycles. The molecule has 132 valence electrons. The van der Waals surface area contributed by atoms with Crippen LogP contribution in [0, 0.1) is 5.82 Å². The number of nitrogens with one attached hydrogen (secondary N) is 2. The number of pyridine rings is 1. The lowest BCUT2D eigenvalue weighted by molar-refractivity contribution is 0.0928. The summed E-state index contributed by atoms with van der Waals surface area (Å²) in [4.78, 5) is 32.1. The molecule has 3 aromatic rings. The first-order valence-corrected chi connectivity index (χ1v) is 9.17. The van der Waals surface area contributed by atoms with Gasteiger partial charge in [-0.2, -0.15) is 0 Å². The first kappa shape index (κ1) is 16.7. The molecule has 0 saturated carbocycles. The van der Waals surface area contributed by atoms with Crippen molar-refractivity contribution in [2.24, 2.45) is 0 Å². The molecule has 2 aromatic heterocycles. The monoisotopic (exact) mass is 369 g/mol. The van der Waals surface area contributed by atoms with Crippen molar-refractivity contribution in [1.82, 2.24) is 15.3 Å². The van der Waals surface area contributed by atoms with E-state index in [1.165, 1.54) is 29.5 Å². The van der Waals surface area contributed by atoms with Crippen LogP contribution in [-0.2, 0) is 6.42 Å². The molecule has 2 heterocycles. The number of benzene rings is 1. The van der Waals surface area contributed by atoms with Crippen molar-refractivity contribution in [1.29, 1.82) is 0 Å². The van der Waals surface area contributed by atoms with E-state index in [4.69, 9.17) is 0 Å². The highest BCUT2D eigenvalue weighted by Gasteiger charge is 2.26. The standard InChI is InChI=1S/C19H16FN3O2S/c20-12-9-7-11(8-10-12)19-23-14-4-1-3-13(17(14)26-19)22-18(25)15-5-2-6-16(24)21-15/h2,5-10,13H,1,3-4H2,(H,21,24)(H,22,25). The summed E-state index contributed by atoms with van der Waals surface area (Å²) in [5, 5.41) is 3.82. The molecule has 1 atom stereocenters. The minimum Gasteiger partial charge on any atom is -0.343 e. The van der Waals surface area contributed by atoms with Gasteiger partial charge in [-0.1, -0.05) is 6.07 Å². The molecule has 0 saturated heterocycles. The zero-order chi connectivity index (χ0) is 18.1. The molecule has 0 bridgehead atoms. The first-order chi connectivity index (χ1) is 12.6. The molecule has 0 fully saturated rings. The second-order valence-electron chi connectivity index (χ2n) is 6.18. The van der Waals surface area contributed by atoms with E-state index in [-0.39, 0.29) is 29.0 Å². The molecule has 1 aliphatic carbocycles. The number of aryl methyl sites for hydroxylation is 1. The van der Waals surface area contributed by atoms with Gasteiger partial charge in [0.1, 0.15) is 16.5 Å². The summed E-state index contributed by atoms with van der Waals surface area (Å²) in [5.41, 5.74) is 1.78. The summed E-state index contributed by atoms with van der Waals surface area (Å²) >= 11 is 1.52. The molecule has 5 nitrogen and oxygen atoms in total. The third-order valence-electron chi connectivity index (χ3n) is 4.36.